The van der Waals surface area contributed by atoms with Crippen LogP contribution in [-0.2, 0) is 5.41 Å². The second kappa shape index (κ2) is 6.90. The molecule has 0 bridgehead atoms. The van der Waals surface area contributed by atoms with E-state index < -0.39 is 0 Å². The number of rotatable bonds is 5. The van der Waals surface area contributed by atoms with E-state index in [9.17, 15) is 5.26 Å². The Hall–Kier alpha value is -1.33. The molecule has 1 fully saturated rings. The number of benzene rings is 1. The molecule has 2 heteroatoms. The van der Waals surface area contributed by atoms with Gasteiger partial charge in [0.15, 0.2) is 0 Å². The smallest absolute Gasteiger partial charge is 0.0862 e. The largest absolute Gasteiger partial charge is 0.309 e. The maximum Gasteiger partial charge on any atom is 0.0862 e. The Kier molecular flexibility index (Phi) is 5.20. The molecule has 0 amide bonds. The van der Waals surface area contributed by atoms with E-state index in [0.29, 0.717) is 5.92 Å². The first kappa shape index (κ1) is 15.1. The van der Waals surface area contributed by atoms with Crippen LogP contribution in [-0.4, -0.2) is 25.5 Å². The van der Waals surface area contributed by atoms with Gasteiger partial charge in [0, 0.05) is 0 Å². The molecular formula is C18H26N2. The highest BCUT2D eigenvalue weighted by Crippen LogP contribution is 2.43. The van der Waals surface area contributed by atoms with Gasteiger partial charge >= 0.3 is 0 Å². The van der Waals surface area contributed by atoms with Crippen molar-refractivity contribution < 1.29 is 0 Å². The molecule has 1 aliphatic carbocycles. The fourth-order valence-corrected chi connectivity index (χ4v) is 3.53. The van der Waals surface area contributed by atoms with E-state index in [0.717, 1.165) is 13.0 Å². The fraction of sp³-hybridized carbons (Fsp3) is 0.611. The summed E-state index contributed by atoms with van der Waals surface area (Å²) in [7, 11) is 4.18. The van der Waals surface area contributed by atoms with Crippen LogP contribution in [0.2, 0.25) is 0 Å². The number of nitriles is 1. The maximum atomic E-state index is 10.0. The molecule has 0 saturated heterocycles. The van der Waals surface area contributed by atoms with E-state index in [-0.39, 0.29) is 5.41 Å². The zero-order valence-electron chi connectivity index (χ0n) is 12.8. The van der Waals surface area contributed by atoms with Crippen molar-refractivity contribution in [1.82, 2.24) is 4.90 Å². The van der Waals surface area contributed by atoms with E-state index in [1.165, 1.54) is 37.7 Å². The average molecular weight is 270 g/mol. The zero-order chi connectivity index (χ0) is 14.4. The third kappa shape index (κ3) is 3.22. The summed E-state index contributed by atoms with van der Waals surface area (Å²) in [6.45, 7) is 0.971. The van der Waals surface area contributed by atoms with Crippen molar-refractivity contribution in [3.8, 4) is 6.07 Å². The molecule has 1 saturated carbocycles. The van der Waals surface area contributed by atoms with Gasteiger partial charge in [-0.05, 0) is 51.4 Å². The molecule has 20 heavy (non-hydrogen) atoms. The first-order valence-corrected chi connectivity index (χ1v) is 7.80. The van der Waals surface area contributed by atoms with E-state index in [1.54, 1.807) is 0 Å². The normalized spacial score (nSPS) is 19.5. The molecule has 0 heterocycles. The Morgan fingerprint density at radius 3 is 2.35 bits per heavy atom. The van der Waals surface area contributed by atoms with Gasteiger partial charge in [-0.25, -0.2) is 0 Å². The van der Waals surface area contributed by atoms with Gasteiger partial charge in [0.1, 0.15) is 0 Å². The average Bonchev–Trinajstić information content (AvgIpc) is 2.50. The molecule has 1 atom stereocenters. The lowest BCUT2D eigenvalue weighted by Crippen LogP contribution is -2.38. The highest BCUT2D eigenvalue weighted by Gasteiger charge is 2.40. The standard InChI is InChI=1S/C18H26N2/c1-20(2)14-13-18(15-19,16-9-5-3-6-10-16)17-11-7-4-8-12-17/h3,5-6,9-10,17H,4,7-8,11-14H2,1-2H3/t18-/m1/s1. The quantitative estimate of drug-likeness (QED) is 0.809. The van der Waals surface area contributed by atoms with Crippen LogP contribution >= 0.6 is 0 Å². The molecule has 1 aromatic rings. The molecule has 0 spiro atoms. The predicted molar refractivity (Wildman–Crippen MR) is 83.5 cm³/mol. The van der Waals surface area contributed by atoms with Gasteiger partial charge in [0.05, 0.1) is 11.5 Å². The molecule has 0 aromatic heterocycles. The number of hydrogen-bond donors (Lipinski definition) is 0. The van der Waals surface area contributed by atoms with Crippen LogP contribution in [0.15, 0.2) is 30.3 Å². The van der Waals surface area contributed by atoms with Crippen LogP contribution in [0.25, 0.3) is 0 Å². The van der Waals surface area contributed by atoms with Gasteiger partial charge in [-0.15, -0.1) is 0 Å². The van der Waals surface area contributed by atoms with Crippen LogP contribution in [0, 0.1) is 17.2 Å². The highest BCUT2D eigenvalue weighted by atomic mass is 15.0. The summed E-state index contributed by atoms with van der Waals surface area (Å²) in [6.07, 6.45) is 7.24. The van der Waals surface area contributed by atoms with Gasteiger partial charge in [-0.3, -0.25) is 0 Å². The van der Waals surface area contributed by atoms with Crippen molar-refractivity contribution in [2.75, 3.05) is 20.6 Å². The predicted octanol–water partition coefficient (Wildman–Crippen LogP) is 3.98. The van der Waals surface area contributed by atoms with Gasteiger partial charge < -0.3 is 4.90 Å². The van der Waals surface area contributed by atoms with Gasteiger partial charge in [0.25, 0.3) is 0 Å². The van der Waals surface area contributed by atoms with Crippen LogP contribution in [0.1, 0.15) is 44.1 Å². The summed E-state index contributed by atoms with van der Waals surface area (Å²) < 4.78 is 0. The number of hydrogen-bond acceptors (Lipinski definition) is 2. The Labute approximate surface area is 123 Å². The summed E-state index contributed by atoms with van der Waals surface area (Å²) in [4.78, 5) is 2.19. The topological polar surface area (TPSA) is 27.0 Å². The molecule has 0 unspecified atom stereocenters. The molecule has 0 radical (unpaired) electrons. The third-order valence-electron chi connectivity index (χ3n) is 4.74. The summed E-state index contributed by atoms with van der Waals surface area (Å²) >= 11 is 0. The monoisotopic (exact) mass is 270 g/mol. The first-order chi connectivity index (χ1) is 9.69. The minimum absolute atomic E-state index is 0.300. The molecule has 1 aromatic carbocycles. The molecule has 108 valence electrons. The third-order valence-corrected chi connectivity index (χ3v) is 4.74. The minimum atomic E-state index is -0.300. The van der Waals surface area contributed by atoms with Gasteiger partial charge in [-0.1, -0.05) is 49.6 Å². The number of nitrogens with zero attached hydrogens (tertiary/aromatic N) is 2. The zero-order valence-corrected chi connectivity index (χ0v) is 12.8. The van der Waals surface area contributed by atoms with Crippen molar-refractivity contribution in [3.63, 3.8) is 0 Å². The van der Waals surface area contributed by atoms with Gasteiger partial charge in [0.2, 0.25) is 0 Å². The summed E-state index contributed by atoms with van der Waals surface area (Å²) in [5.74, 6) is 0.517. The second-order valence-electron chi connectivity index (χ2n) is 6.34. The summed E-state index contributed by atoms with van der Waals surface area (Å²) in [5, 5.41) is 10.0. The van der Waals surface area contributed by atoms with Crippen LogP contribution in [0.4, 0.5) is 0 Å². The maximum absolute atomic E-state index is 10.0. The lowest BCUT2D eigenvalue weighted by Gasteiger charge is -2.38. The van der Waals surface area contributed by atoms with Crippen LogP contribution < -0.4 is 0 Å². The van der Waals surface area contributed by atoms with Crippen molar-refractivity contribution in [1.29, 1.82) is 5.26 Å². The van der Waals surface area contributed by atoms with E-state index in [2.05, 4.69) is 49.3 Å². The molecular weight excluding hydrogens is 244 g/mol. The van der Waals surface area contributed by atoms with E-state index in [4.69, 9.17) is 0 Å². The molecule has 0 aliphatic heterocycles. The fourth-order valence-electron chi connectivity index (χ4n) is 3.53. The Bertz CT molecular complexity index is 440. The lowest BCUT2D eigenvalue weighted by atomic mass is 9.64. The van der Waals surface area contributed by atoms with Gasteiger partial charge in [-0.2, -0.15) is 5.26 Å². The Morgan fingerprint density at radius 1 is 1.15 bits per heavy atom. The molecule has 2 rings (SSSR count). The van der Waals surface area contributed by atoms with Crippen LogP contribution in [0.5, 0.6) is 0 Å². The summed E-state index contributed by atoms with van der Waals surface area (Å²) in [5.41, 5.74) is 0.919. The lowest BCUT2D eigenvalue weighted by molar-refractivity contribution is 0.220. The molecule has 0 N–H and O–H groups in total. The Morgan fingerprint density at radius 2 is 1.80 bits per heavy atom. The highest BCUT2D eigenvalue weighted by molar-refractivity contribution is 5.34. The van der Waals surface area contributed by atoms with Crippen molar-refractivity contribution >= 4 is 0 Å². The first-order valence-electron chi connectivity index (χ1n) is 7.80. The van der Waals surface area contributed by atoms with E-state index >= 15 is 0 Å². The minimum Gasteiger partial charge on any atom is -0.309 e. The van der Waals surface area contributed by atoms with Crippen molar-refractivity contribution in [2.45, 2.75) is 43.9 Å². The van der Waals surface area contributed by atoms with E-state index in [1.807, 2.05) is 6.07 Å². The summed E-state index contributed by atoms with van der Waals surface area (Å²) in [6, 6.07) is 13.2. The molecule has 2 nitrogen and oxygen atoms in total. The second-order valence-corrected chi connectivity index (χ2v) is 6.34. The van der Waals surface area contributed by atoms with Crippen LogP contribution in [0.3, 0.4) is 0 Å². The SMILES string of the molecule is CN(C)CC[C@@](C#N)(c1ccccc1)C1CCCCC1. The molecule has 1 aliphatic rings. The van der Waals surface area contributed by atoms with Crippen molar-refractivity contribution in [3.05, 3.63) is 35.9 Å². The Balaban J connectivity index is 2.32. The van der Waals surface area contributed by atoms with Crippen molar-refractivity contribution in [2.24, 2.45) is 5.92 Å².